The minimum Gasteiger partial charge on any atom is -0.326 e. The first-order valence-electron chi connectivity index (χ1n) is 10.6. The van der Waals surface area contributed by atoms with Crippen LogP contribution in [0.15, 0.2) is 72.8 Å². The van der Waals surface area contributed by atoms with Gasteiger partial charge in [0.1, 0.15) is 0 Å². The third-order valence-electron chi connectivity index (χ3n) is 5.18. The molecule has 0 aromatic heterocycles. The molecule has 0 bridgehead atoms. The summed E-state index contributed by atoms with van der Waals surface area (Å²) in [7, 11) is 0. The molecular formula is C27H30N2O2. The summed E-state index contributed by atoms with van der Waals surface area (Å²) in [6.45, 7) is 8.47. The van der Waals surface area contributed by atoms with Gasteiger partial charge in [0.2, 0.25) is 5.91 Å². The van der Waals surface area contributed by atoms with Gasteiger partial charge >= 0.3 is 0 Å². The van der Waals surface area contributed by atoms with E-state index in [1.54, 1.807) is 6.07 Å². The number of anilines is 2. The highest BCUT2D eigenvalue weighted by Gasteiger charge is 2.14. The van der Waals surface area contributed by atoms with Gasteiger partial charge in [-0.2, -0.15) is 0 Å². The van der Waals surface area contributed by atoms with Crippen LogP contribution in [0.1, 0.15) is 54.2 Å². The molecule has 0 radical (unpaired) electrons. The summed E-state index contributed by atoms with van der Waals surface area (Å²) in [4.78, 5) is 24.9. The molecule has 3 aromatic carbocycles. The van der Waals surface area contributed by atoms with Gasteiger partial charge in [-0.15, -0.1) is 0 Å². The summed E-state index contributed by atoms with van der Waals surface area (Å²) in [6.07, 6.45) is 1.09. The van der Waals surface area contributed by atoms with Crippen LogP contribution in [0.25, 0.3) is 0 Å². The zero-order valence-electron chi connectivity index (χ0n) is 18.7. The van der Waals surface area contributed by atoms with Gasteiger partial charge in [-0.05, 0) is 60.2 Å². The quantitative estimate of drug-likeness (QED) is 0.511. The fraction of sp³-hybridized carbons (Fsp3) is 0.259. The average molecular weight is 415 g/mol. The van der Waals surface area contributed by atoms with E-state index in [-0.39, 0.29) is 17.2 Å². The number of carbonyl (C=O) groups excluding carboxylic acids is 2. The Morgan fingerprint density at radius 2 is 1.42 bits per heavy atom. The van der Waals surface area contributed by atoms with Gasteiger partial charge in [0.15, 0.2) is 0 Å². The third kappa shape index (κ3) is 6.54. The highest BCUT2D eigenvalue weighted by molar-refractivity contribution is 6.04. The Morgan fingerprint density at radius 3 is 2.03 bits per heavy atom. The number of benzene rings is 3. The zero-order chi connectivity index (χ0) is 22.4. The van der Waals surface area contributed by atoms with Crippen LogP contribution in [0.4, 0.5) is 11.4 Å². The van der Waals surface area contributed by atoms with E-state index in [2.05, 4.69) is 43.5 Å². The van der Waals surface area contributed by atoms with E-state index >= 15 is 0 Å². The van der Waals surface area contributed by atoms with Crippen molar-refractivity contribution in [3.05, 3.63) is 95.1 Å². The molecule has 0 unspecified atom stereocenters. The van der Waals surface area contributed by atoms with Crippen LogP contribution in [0.2, 0.25) is 0 Å². The highest BCUT2D eigenvalue weighted by Crippen LogP contribution is 2.23. The van der Waals surface area contributed by atoms with Crippen molar-refractivity contribution in [3.63, 3.8) is 0 Å². The lowest BCUT2D eigenvalue weighted by Gasteiger charge is -2.19. The van der Waals surface area contributed by atoms with Crippen LogP contribution < -0.4 is 10.6 Å². The number of aryl methyl sites for hydroxylation is 2. The molecule has 2 amide bonds. The molecule has 160 valence electrons. The molecule has 0 saturated carbocycles. The van der Waals surface area contributed by atoms with E-state index in [9.17, 15) is 9.59 Å². The maximum absolute atomic E-state index is 12.6. The number of nitrogens with one attached hydrogen (secondary N) is 2. The van der Waals surface area contributed by atoms with Crippen LogP contribution in [0, 0.1) is 6.92 Å². The van der Waals surface area contributed by atoms with E-state index in [1.807, 2.05) is 61.5 Å². The number of rotatable bonds is 6. The second-order valence-electron chi connectivity index (χ2n) is 8.90. The van der Waals surface area contributed by atoms with Gasteiger partial charge in [0.25, 0.3) is 5.91 Å². The Morgan fingerprint density at radius 1 is 0.806 bits per heavy atom. The van der Waals surface area contributed by atoms with Crippen molar-refractivity contribution in [1.82, 2.24) is 0 Å². The number of hydrogen-bond acceptors (Lipinski definition) is 2. The van der Waals surface area contributed by atoms with Crippen molar-refractivity contribution in [2.75, 3.05) is 10.6 Å². The minimum atomic E-state index is -0.177. The van der Waals surface area contributed by atoms with E-state index < -0.39 is 0 Å². The highest BCUT2D eigenvalue weighted by atomic mass is 16.2. The van der Waals surface area contributed by atoms with Crippen LogP contribution in [0.5, 0.6) is 0 Å². The maximum atomic E-state index is 12.6. The molecule has 2 N–H and O–H groups in total. The normalized spacial score (nSPS) is 11.1. The Labute approximate surface area is 184 Å². The van der Waals surface area contributed by atoms with E-state index in [4.69, 9.17) is 0 Å². The summed E-state index contributed by atoms with van der Waals surface area (Å²) in [6, 6.07) is 23.1. The molecule has 0 aliphatic heterocycles. The lowest BCUT2D eigenvalue weighted by Crippen LogP contribution is -2.15. The van der Waals surface area contributed by atoms with Crippen molar-refractivity contribution in [2.24, 2.45) is 0 Å². The van der Waals surface area contributed by atoms with Crippen molar-refractivity contribution in [1.29, 1.82) is 0 Å². The van der Waals surface area contributed by atoms with Gasteiger partial charge in [-0.3, -0.25) is 9.59 Å². The first-order chi connectivity index (χ1) is 14.7. The molecule has 0 atom stereocenters. The molecule has 3 aromatic rings. The molecule has 0 heterocycles. The predicted molar refractivity (Wildman–Crippen MR) is 128 cm³/mol. The first-order valence-corrected chi connectivity index (χ1v) is 10.6. The Kier molecular flexibility index (Phi) is 6.91. The molecule has 0 fully saturated rings. The second-order valence-corrected chi connectivity index (χ2v) is 8.90. The smallest absolute Gasteiger partial charge is 0.255 e. The van der Waals surface area contributed by atoms with Crippen LogP contribution in [0.3, 0.4) is 0 Å². The monoisotopic (exact) mass is 414 g/mol. The van der Waals surface area contributed by atoms with Crippen LogP contribution >= 0.6 is 0 Å². The maximum Gasteiger partial charge on any atom is 0.255 e. The summed E-state index contributed by atoms with van der Waals surface area (Å²) >= 11 is 0. The first kappa shape index (κ1) is 22.3. The van der Waals surface area contributed by atoms with Gasteiger partial charge < -0.3 is 10.6 Å². The second kappa shape index (κ2) is 9.61. The number of carbonyl (C=O) groups is 2. The number of hydrogen-bond donors (Lipinski definition) is 2. The Hall–Kier alpha value is -3.40. The summed E-state index contributed by atoms with van der Waals surface area (Å²) in [5.41, 5.74) is 5.47. The van der Waals surface area contributed by atoms with Crippen molar-refractivity contribution in [3.8, 4) is 0 Å². The van der Waals surface area contributed by atoms with Gasteiger partial charge in [-0.25, -0.2) is 0 Å². The third-order valence-corrected chi connectivity index (χ3v) is 5.18. The fourth-order valence-corrected chi connectivity index (χ4v) is 3.24. The molecular weight excluding hydrogens is 384 g/mol. The zero-order valence-corrected chi connectivity index (χ0v) is 18.7. The van der Waals surface area contributed by atoms with Gasteiger partial charge in [-0.1, -0.05) is 68.8 Å². The van der Waals surface area contributed by atoms with Crippen molar-refractivity contribution < 1.29 is 9.59 Å². The Bertz CT molecular complexity index is 1050. The lowest BCUT2D eigenvalue weighted by molar-refractivity contribution is -0.116. The van der Waals surface area contributed by atoms with Crippen LogP contribution in [-0.2, 0) is 16.6 Å². The minimum absolute atomic E-state index is 0.0427. The Balaban J connectivity index is 1.57. The molecule has 3 rings (SSSR count). The average Bonchev–Trinajstić information content (AvgIpc) is 2.73. The summed E-state index contributed by atoms with van der Waals surface area (Å²) < 4.78 is 0. The molecule has 0 spiro atoms. The molecule has 31 heavy (non-hydrogen) atoms. The molecule has 4 nitrogen and oxygen atoms in total. The molecule has 0 saturated heterocycles. The summed E-state index contributed by atoms with van der Waals surface area (Å²) in [5, 5.41) is 5.81. The SMILES string of the molecule is Cc1ccc(CCC(=O)Nc2cccc(NC(=O)c3ccc(C(C)(C)C)cc3)c2)cc1. The molecule has 0 aliphatic rings. The van der Waals surface area contributed by atoms with E-state index in [0.717, 1.165) is 5.56 Å². The van der Waals surface area contributed by atoms with E-state index in [0.29, 0.717) is 29.8 Å². The lowest BCUT2D eigenvalue weighted by atomic mass is 9.87. The largest absolute Gasteiger partial charge is 0.326 e. The van der Waals surface area contributed by atoms with Gasteiger partial charge in [0.05, 0.1) is 0 Å². The number of amides is 2. The van der Waals surface area contributed by atoms with Crippen molar-refractivity contribution >= 4 is 23.2 Å². The van der Waals surface area contributed by atoms with Gasteiger partial charge in [0, 0.05) is 23.4 Å². The summed E-state index contributed by atoms with van der Waals surface area (Å²) in [5.74, 6) is -0.231. The topological polar surface area (TPSA) is 58.2 Å². The van der Waals surface area contributed by atoms with Crippen molar-refractivity contribution in [2.45, 2.75) is 46.0 Å². The standard InChI is InChI=1S/C27H30N2O2/c1-19-8-10-20(11-9-19)12-17-25(30)28-23-6-5-7-24(18-23)29-26(31)21-13-15-22(16-14-21)27(2,3)4/h5-11,13-16,18H,12,17H2,1-4H3,(H,28,30)(H,29,31). The predicted octanol–water partition coefficient (Wildman–Crippen LogP) is 6.12. The van der Waals surface area contributed by atoms with E-state index in [1.165, 1.54) is 11.1 Å². The molecule has 4 heteroatoms. The fourth-order valence-electron chi connectivity index (χ4n) is 3.24. The van der Waals surface area contributed by atoms with Crippen LogP contribution in [-0.4, -0.2) is 11.8 Å². The molecule has 0 aliphatic carbocycles.